The lowest BCUT2D eigenvalue weighted by Crippen LogP contribution is -2.34. The Labute approximate surface area is 184 Å². The van der Waals surface area contributed by atoms with Gasteiger partial charge in [0.2, 0.25) is 5.88 Å². The number of aromatic nitrogens is 2. The van der Waals surface area contributed by atoms with Crippen molar-refractivity contribution in [2.24, 2.45) is 5.10 Å². The number of aromatic hydroxyl groups is 1. The Morgan fingerprint density at radius 2 is 1.84 bits per heavy atom. The summed E-state index contributed by atoms with van der Waals surface area (Å²) >= 11 is 0. The largest absolute Gasteiger partial charge is 0.494 e. The van der Waals surface area contributed by atoms with Crippen molar-refractivity contribution < 1.29 is 14.6 Å². The van der Waals surface area contributed by atoms with Crippen LogP contribution in [0.25, 0.3) is 0 Å². The van der Waals surface area contributed by atoms with Crippen LogP contribution in [0.1, 0.15) is 29.2 Å². The second-order valence-electron chi connectivity index (χ2n) is 7.40. The maximum atomic E-state index is 12.5. The van der Waals surface area contributed by atoms with E-state index in [4.69, 9.17) is 9.47 Å². The highest BCUT2D eigenvalue weighted by Gasteiger charge is 2.27. The van der Waals surface area contributed by atoms with E-state index in [1.54, 1.807) is 20.3 Å². The van der Waals surface area contributed by atoms with Gasteiger partial charge in [0.05, 0.1) is 26.0 Å². The molecule has 3 aromatic rings. The van der Waals surface area contributed by atoms with Crippen LogP contribution < -0.4 is 26.1 Å². The first-order valence-electron chi connectivity index (χ1n) is 10.2. The number of aryl methyl sites for hydroxylation is 1. The summed E-state index contributed by atoms with van der Waals surface area (Å²) in [4.78, 5) is 27.2. The normalized spacial score (nSPS) is 15.2. The Morgan fingerprint density at radius 1 is 1.09 bits per heavy atom. The van der Waals surface area contributed by atoms with Gasteiger partial charge in [0.15, 0.2) is 11.5 Å². The van der Waals surface area contributed by atoms with Crippen LogP contribution in [0.2, 0.25) is 0 Å². The molecule has 9 heteroatoms. The van der Waals surface area contributed by atoms with Crippen LogP contribution in [0, 0.1) is 0 Å². The molecule has 0 aliphatic carbocycles. The molecule has 166 valence electrons. The molecule has 0 bridgehead atoms. The molecule has 2 heterocycles. The SMILES string of the molecule is COc1ccc([C@H]2CC(c3c(O)n(CCc4ccccc4)c(=O)[nH]c3=O)=NN2)cc1OC. The van der Waals surface area contributed by atoms with Gasteiger partial charge in [0.1, 0.15) is 5.56 Å². The fraction of sp³-hybridized carbons (Fsp3) is 0.261. The molecule has 1 aliphatic heterocycles. The van der Waals surface area contributed by atoms with Crippen LogP contribution in [0.15, 0.2) is 63.2 Å². The van der Waals surface area contributed by atoms with E-state index in [2.05, 4.69) is 15.5 Å². The second-order valence-corrected chi connectivity index (χ2v) is 7.40. The molecule has 3 N–H and O–H groups in total. The number of hydrogen-bond donors (Lipinski definition) is 3. The van der Waals surface area contributed by atoms with Crippen molar-refractivity contribution in [1.82, 2.24) is 15.0 Å². The summed E-state index contributed by atoms with van der Waals surface area (Å²) < 4.78 is 11.8. The molecule has 0 spiro atoms. The minimum atomic E-state index is -0.669. The molecule has 0 radical (unpaired) electrons. The maximum absolute atomic E-state index is 12.5. The summed E-state index contributed by atoms with van der Waals surface area (Å²) in [5, 5.41) is 15.1. The first-order valence-corrected chi connectivity index (χ1v) is 10.2. The van der Waals surface area contributed by atoms with Crippen molar-refractivity contribution in [3.8, 4) is 17.4 Å². The molecule has 0 fully saturated rings. The van der Waals surface area contributed by atoms with Crippen LogP contribution in [-0.2, 0) is 13.0 Å². The lowest BCUT2D eigenvalue weighted by Gasteiger charge is -2.14. The predicted octanol–water partition coefficient (Wildman–Crippen LogP) is 1.94. The summed E-state index contributed by atoms with van der Waals surface area (Å²) in [5.74, 6) is 0.800. The standard InChI is InChI=1S/C23H24N4O5/c1-31-18-9-8-15(12-19(18)32-2)16-13-17(26-25-16)20-21(28)24-23(30)27(22(20)29)11-10-14-6-4-3-5-7-14/h3-9,12,16,25,29H,10-11,13H2,1-2H3,(H,24,28,30)/t16-/m1/s1. The third-order valence-corrected chi connectivity index (χ3v) is 5.49. The summed E-state index contributed by atoms with van der Waals surface area (Å²) in [6.07, 6.45) is 0.877. The van der Waals surface area contributed by atoms with Gasteiger partial charge >= 0.3 is 5.69 Å². The average Bonchev–Trinajstić information content (AvgIpc) is 3.28. The molecule has 9 nitrogen and oxygen atoms in total. The topological polar surface area (TPSA) is 118 Å². The van der Waals surface area contributed by atoms with E-state index in [1.165, 1.54) is 0 Å². The zero-order valence-corrected chi connectivity index (χ0v) is 17.8. The molecule has 0 saturated carbocycles. The molecule has 0 unspecified atom stereocenters. The summed E-state index contributed by atoms with van der Waals surface area (Å²) in [6, 6.07) is 14.9. The Balaban J connectivity index is 1.59. The van der Waals surface area contributed by atoms with E-state index in [0.29, 0.717) is 30.1 Å². The van der Waals surface area contributed by atoms with E-state index >= 15 is 0 Å². The molecule has 0 saturated heterocycles. The van der Waals surface area contributed by atoms with Crippen molar-refractivity contribution in [3.63, 3.8) is 0 Å². The fourth-order valence-electron chi connectivity index (χ4n) is 3.77. The van der Waals surface area contributed by atoms with Gasteiger partial charge in [-0.15, -0.1) is 0 Å². The van der Waals surface area contributed by atoms with Gasteiger partial charge in [0.25, 0.3) is 5.56 Å². The second kappa shape index (κ2) is 9.01. The Morgan fingerprint density at radius 3 is 2.56 bits per heavy atom. The quantitative estimate of drug-likeness (QED) is 0.521. The molecule has 32 heavy (non-hydrogen) atoms. The number of benzene rings is 2. The lowest BCUT2D eigenvalue weighted by atomic mass is 9.99. The highest BCUT2D eigenvalue weighted by atomic mass is 16.5. The number of H-pyrrole nitrogens is 1. The molecule has 4 rings (SSSR count). The highest BCUT2D eigenvalue weighted by molar-refractivity contribution is 6.03. The number of ether oxygens (including phenoxy) is 2. The predicted molar refractivity (Wildman–Crippen MR) is 120 cm³/mol. The van der Waals surface area contributed by atoms with Crippen LogP contribution >= 0.6 is 0 Å². The van der Waals surface area contributed by atoms with E-state index in [9.17, 15) is 14.7 Å². The summed E-state index contributed by atoms with van der Waals surface area (Å²) in [6.45, 7) is 0.221. The molecule has 2 aromatic carbocycles. The van der Waals surface area contributed by atoms with E-state index in [-0.39, 0.29) is 24.0 Å². The Kier molecular flexibility index (Phi) is 5.98. The average molecular weight is 436 g/mol. The van der Waals surface area contributed by atoms with Crippen LogP contribution in [0.5, 0.6) is 17.4 Å². The highest BCUT2D eigenvalue weighted by Crippen LogP contribution is 2.33. The van der Waals surface area contributed by atoms with Crippen molar-refractivity contribution in [3.05, 3.63) is 86.1 Å². The van der Waals surface area contributed by atoms with Gasteiger partial charge in [0, 0.05) is 13.0 Å². The summed E-state index contributed by atoms with van der Waals surface area (Å²) in [7, 11) is 3.12. The lowest BCUT2D eigenvalue weighted by molar-refractivity contribution is 0.354. The zero-order chi connectivity index (χ0) is 22.7. The molecule has 1 atom stereocenters. The maximum Gasteiger partial charge on any atom is 0.331 e. The number of nitrogens with zero attached hydrogens (tertiary/aromatic N) is 2. The third-order valence-electron chi connectivity index (χ3n) is 5.49. The smallest absolute Gasteiger partial charge is 0.331 e. The number of rotatable bonds is 7. The molecule has 0 amide bonds. The van der Waals surface area contributed by atoms with Gasteiger partial charge < -0.3 is 20.0 Å². The van der Waals surface area contributed by atoms with Crippen molar-refractivity contribution in [2.75, 3.05) is 14.2 Å². The molecular weight excluding hydrogens is 412 g/mol. The molecule has 1 aromatic heterocycles. The molecular formula is C23H24N4O5. The van der Waals surface area contributed by atoms with Crippen molar-refractivity contribution >= 4 is 5.71 Å². The number of nitrogens with one attached hydrogen (secondary N) is 2. The third kappa shape index (κ3) is 4.09. The Hall–Kier alpha value is -4.01. The van der Waals surface area contributed by atoms with Gasteiger partial charge in [-0.25, -0.2) is 4.79 Å². The van der Waals surface area contributed by atoms with Gasteiger partial charge in [-0.05, 0) is 29.7 Å². The summed E-state index contributed by atoms with van der Waals surface area (Å²) in [5.41, 5.74) is 3.93. The molecule has 1 aliphatic rings. The van der Waals surface area contributed by atoms with Gasteiger partial charge in [-0.3, -0.25) is 14.3 Å². The first-order chi connectivity index (χ1) is 15.5. The number of methoxy groups -OCH3 is 2. The Bertz CT molecular complexity index is 1260. The van der Waals surface area contributed by atoms with Crippen molar-refractivity contribution in [1.29, 1.82) is 0 Å². The van der Waals surface area contributed by atoms with E-state index < -0.39 is 11.2 Å². The van der Waals surface area contributed by atoms with Crippen molar-refractivity contribution in [2.45, 2.75) is 25.4 Å². The number of hydrogen-bond acceptors (Lipinski definition) is 7. The van der Waals surface area contributed by atoms with Crippen LogP contribution in [0.4, 0.5) is 0 Å². The van der Waals surface area contributed by atoms with Crippen LogP contribution in [-0.4, -0.2) is 34.6 Å². The van der Waals surface area contributed by atoms with E-state index in [1.807, 2.05) is 42.5 Å². The minimum absolute atomic E-state index is 0.00635. The van der Waals surface area contributed by atoms with E-state index in [0.717, 1.165) is 15.7 Å². The minimum Gasteiger partial charge on any atom is -0.494 e. The first kappa shape index (κ1) is 21.2. The van der Waals surface area contributed by atoms with Gasteiger partial charge in [-0.1, -0.05) is 36.4 Å². The monoisotopic (exact) mass is 436 g/mol. The van der Waals surface area contributed by atoms with Crippen LogP contribution in [0.3, 0.4) is 0 Å². The fourth-order valence-corrected chi connectivity index (χ4v) is 3.77. The number of hydrazone groups is 1. The van der Waals surface area contributed by atoms with Gasteiger partial charge in [-0.2, -0.15) is 5.10 Å². The number of aromatic amines is 1. The zero-order valence-electron chi connectivity index (χ0n) is 17.8.